The summed E-state index contributed by atoms with van der Waals surface area (Å²) in [6.45, 7) is 14.0. The van der Waals surface area contributed by atoms with Gasteiger partial charge in [0.2, 0.25) is 0 Å². The van der Waals surface area contributed by atoms with E-state index in [1.54, 1.807) is 0 Å². The molecule has 0 aromatic heterocycles. The van der Waals surface area contributed by atoms with Gasteiger partial charge in [-0.05, 0) is 37.9 Å². The first-order valence-electron chi connectivity index (χ1n) is 6.99. The van der Waals surface area contributed by atoms with Crippen molar-refractivity contribution in [2.45, 2.75) is 84.0 Å². The predicted molar refractivity (Wildman–Crippen MR) is 77.9 cm³/mol. The van der Waals surface area contributed by atoms with E-state index in [-0.39, 0.29) is 0 Å². The summed E-state index contributed by atoms with van der Waals surface area (Å²) in [7, 11) is -1.58. The first-order chi connectivity index (χ1) is 7.70. The van der Waals surface area contributed by atoms with Crippen molar-refractivity contribution in [3.8, 4) is 0 Å². The van der Waals surface area contributed by atoms with Gasteiger partial charge in [0.1, 0.15) is 0 Å². The van der Waals surface area contributed by atoms with Gasteiger partial charge < -0.3 is 9.53 Å². The Labute approximate surface area is 109 Å². The molecule has 0 aliphatic rings. The lowest BCUT2D eigenvalue weighted by molar-refractivity contribution is 0.184. The summed E-state index contributed by atoms with van der Waals surface area (Å²) < 4.78 is 6.30. The maximum atomic E-state index is 8.70. The maximum Gasteiger partial charge on any atom is 0.192 e. The lowest BCUT2D eigenvalue weighted by atomic mass is 10.1. The van der Waals surface area contributed by atoms with Crippen LogP contribution in [0.25, 0.3) is 0 Å². The van der Waals surface area contributed by atoms with Gasteiger partial charge in [-0.2, -0.15) is 0 Å². The molecule has 0 aromatic rings. The molecular weight excluding hydrogens is 228 g/mol. The Morgan fingerprint density at radius 3 is 2.06 bits per heavy atom. The number of aliphatic hydroxyl groups is 1. The summed E-state index contributed by atoms with van der Waals surface area (Å²) >= 11 is 0. The summed E-state index contributed by atoms with van der Waals surface area (Å²) in [5, 5.41) is 9.00. The molecule has 0 amide bonds. The Bertz CT molecular complexity index is 197. The van der Waals surface area contributed by atoms with E-state index < -0.39 is 8.32 Å². The molecule has 0 radical (unpaired) electrons. The van der Waals surface area contributed by atoms with E-state index in [9.17, 15) is 0 Å². The van der Waals surface area contributed by atoms with Crippen LogP contribution in [0.3, 0.4) is 0 Å². The van der Waals surface area contributed by atoms with Gasteiger partial charge in [0, 0.05) is 12.7 Å². The van der Waals surface area contributed by atoms with E-state index in [1.165, 1.54) is 12.8 Å². The average molecular weight is 260 g/mol. The van der Waals surface area contributed by atoms with Crippen LogP contribution in [0.4, 0.5) is 0 Å². The smallest absolute Gasteiger partial charge is 0.192 e. The molecule has 0 rings (SSSR count). The largest absolute Gasteiger partial charge is 0.414 e. The topological polar surface area (TPSA) is 29.5 Å². The fourth-order valence-electron chi connectivity index (χ4n) is 1.64. The Hall–Kier alpha value is 0.137. The highest BCUT2D eigenvalue weighted by atomic mass is 28.4. The minimum atomic E-state index is -1.58. The summed E-state index contributed by atoms with van der Waals surface area (Å²) in [4.78, 5) is 0. The van der Waals surface area contributed by atoms with E-state index in [4.69, 9.17) is 9.53 Å². The maximum absolute atomic E-state index is 8.70. The van der Waals surface area contributed by atoms with E-state index in [0.717, 1.165) is 19.3 Å². The van der Waals surface area contributed by atoms with Crippen molar-refractivity contribution in [3.63, 3.8) is 0 Å². The van der Waals surface area contributed by atoms with Gasteiger partial charge in [-0.1, -0.05) is 40.0 Å². The second-order valence-corrected chi connectivity index (χ2v) is 11.4. The lowest BCUT2D eigenvalue weighted by Crippen LogP contribution is -2.43. The highest BCUT2D eigenvalue weighted by Gasteiger charge is 2.38. The van der Waals surface area contributed by atoms with Gasteiger partial charge in [-0.25, -0.2) is 0 Å². The lowest BCUT2D eigenvalue weighted by Gasteiger charge is -2.38. The van der Waals surface area contributed by atoms with Gasteiger partial charge in [0.05, 0.1) is 0 Å². The standard InChI is InChI=1S/C14H32O2Si/c1-13(11-9-7-8-10-12-15)16-17(5,6)14(2,3)4/h13,15H,7-12H2,1-6H3/t13-/m0/s1. The fraction of sp³-hybridized carbons (Fsp3) is 1.00. The van der Waals surface area contributed by atoms with E-state index in [0.29, 0.717) is 17.7 Å². The highest BCUT2D eigenvalue weighted by molar-refractivity contribution is 6.74. The van der Waals surface area contributed by atoms with Crippen LogP contribution in [-0.2, 0) is 4.43 Å². The quantitative estimate of drug-likeness (QED) is 0.519. The van der Waals surface area contributed by atoms with Crippen molar-refractivity contribution in [1.29, 1.82) is 0 Å². The number of hydrogen-bond donors (Lipinski definition) is 1. The normalized spacial score (nSPS) is 15.0. The van der Waals surface area contributed by atoms with E-state index >= 15 is 0 Å². The van der Waals surface area contributed by atoms with E-state index in [2.05, 4.69) is 40.8 Å². The molecular formula is C14H32O2Si. The zero-order chi connectivity index (χ0) is 13.5. The Morgan fingerprint density at radius 1 is 1.06 bits per heavy atom. The van der Waals surface area contributed by atoms with Crippen molar-refractivity contribution in [3.05, 3.63) is 0 Å². The van der Waals surface area contributed by atoms with Crippen LogP contribution in [0.15, 0.2) is 0 Å². The van der Waals surface area contributed by atoms with Crippen LogP contribution in [0, 0.1) is 0 Å². The zero-order valence-electron chi connectivity index (χ0n) is 12.7. The highest BCUT2D eigenvalue weighted by Crippen LogP contribution is 2.37. The average Bonchev–Trinajstić information content (AvgIpc) is 2.14. The molecule has 0 aliphatic carbocycles. The molecule has 3 heteroatoms. The van der Waals surface area contributed by atoms with Crippen LogP contribution in [0.2, 0.25) is 18.1 Å². The van der Waals surface area contributed by atoms with E-state index in [1.807, 2.05) is 0 Å². The summed E-state index contributed by atoms with van der Waals surface area (Å²) in [5.41, 5.74) is 0. The molecule has 0 saturated heterocycles. The molecule has 1 N–H and O–H groups in total. The predicted octanol–water partition coefficient (Wildman–Crippen LogP) is 4.34. The molecule has 0 heterocycles. The summed E-state index contributed by atoms with van der Waals surface area (Å²) in [5.74, 6) is 0. The van der Waals surface area contributed by atoms with Crippen LogP contribution < -0.4 is 0 Å². The molecule has 0 saturated carbocycles. The molecule has 0 unspecified atom stereocenters. The summed E-state index contributed by atoms with van der Waals surface area (Å²) in [6, 6.07) is 0. The number of aliphatic hydroxyl groups excluding tert-OH is 1. The third-order valence-corrected chi connectivity index (χ3v) is 8.42. The number of rotatable bonds is 8. The minimum absolute atomic E-state index is 0.304. The van der Waals surface area contributed by atoms with Crippen molar-refractivity contribution in [2.75, 3.05) is 6.61 Å². The SMILES string of the molecule is C[C@@H](CCCCCCO)O[Si](C)(C)C(C)(C)C. The van der Waals surface area contributed by atoms with Crippen LogP contribution in [0.1, 0.15) is 59.8 Å². The molecule has 0 aromatic carbocycles. The van der Waals surface area contributed by atoms with Gasteiger partial charge in [0.15, 0.2) is 8.32 Å². The van der Waals surface area contributed by atoms with Gasteiger partial charge in [-0.15, -0.1) is 0 Å². The van der Waals surface area contributed by atoms with Crippen molar-refractivity contribution < 1.29 is 9.53 Å². The second-order valence-electron chi connectivity index (χ2n) is 6.62. The Balaban J connectivity index is 3.82. The molecule has 0 bridgehead atoms. The Kier molecular flexibility index (Phi) is 7.61. The summed E-state index contributed by atoms with van der Waals surface area (Å²) in [6.07, 6.45) is 6.05. The molecule has 0 fully saturated rings. The number of unbranched alkanes of at least 4 members (excludes halogenated alkanes) is 3. The zero-order valence-corrected chi connectivity index (χ0v) is 13.7. The molecule has 0 aliphatic heterocycles. The van der Waals surface area contributed by atoms with Crippen LogP contribution >= 0.6 is 0 Å². The van der Waals surface area contributed by atoms with Gasteiger partial charge in [-0.3, -0.25) is 0 Å². The van der Waals surface area contributed by atoms with Crippen LogP contribution in [-0.4, -0.2) is 26.1 Å². The van der Waals surface area contributed by atoms with Crippen LogP contribution in [0.5, 0.6) is 0 Å². The second kappa shape index (κ2) is 7.55. The molecule has 17 heavy (non-hydrogen) atoms. The number of hydrogen-bond acceptors (Lipinski definition) is 2. The van der Waals surface area contributed by atoms with Gasteiger partial charge >= 0.3 is 0 Å². The fourth-order valence-corrected chi connectivity index (χ4v) is 3.11. The van der Waals surface area contributed by atoms with Crippen molar-refractivity contribution in [1.82, 2.24) is 0 Å². The van der Waals surface area contributed by atoms with Crippen molar-refractivity contribution in [2.24, 2.45) is 0 Å². The van der Waals surface area contributed by atoms with Gasteiger partial charge in [0.25, 0.3) is 0 Å². The third-order valence-electron chi connectivity index (χ3n) is 3.82. The molecule has 104 valence electrons. The monoisotopic (exact) mass is 260 g/mol. The van der Waals surface area contributed by atoms with Crippen molar-refractivity contribution >= 4 is 8.32 Å². The molecule has 1 atom stereocenters. The molecule has 0 spiro atoms. The first kappa shape index (κ1) is 17.1. The third kappa shape index (κ3) is 7.22. The Morgan fingerprint density at radius 2 is 1.59 bits per heavy atom. The first-order valence-corrected chi connectivity index (χ1v) is 9.90. The minimum Gasteiger partial charge on any atom is -0.414 e. The molecule has 2 nitrogen and oxygen atoms in total.